The fourth-order valence-electron chi connectivity index (χ4n) is 1.79. The van der Waals surface area contributed by atoms with E-state index < -0.39 is 21.7 Å². The molecule has 21 heavy (non-hydrogen) atoms. The number of benzene rings is 1. The van der Waals surface area contributed by atoms with Crippen LogP contribution in [0.25, 0.3) is 0 Å². The summed E-state index contributed by atoms with van der Waals surface area (Å²) in [7, 11) is -3.38. The molecule has 0 aliphatic heterocycles. The minimum atomic E-state index is -3.38. The molecular formula is C14H19NO5S. The van der Waals surface area contributed by atoms with E-state index in [1.807, 2.05) is 0 Å². The molecular weight excluding hydrogens is 294 g/mol. The Kier molecular flexibility index (Phi) is 5.48. The zero-order valence-electron chi connectivity index (χ0n) is 12.2. The molecule has 0 aromatic heterocycles. The van der Waals surface area contributed by atoms with Crippen LogP contribution in [0.5, 0.6) is 0 Å². The van der Waals surface area contributed by atoms with Gasteiger partial charge in [0, 0.05) is 24.3 Å². The molecule has 1 unspecified atom stereocenters. The lowest BCUT2D eigenvalue weighted by Gasteiger charge is -2.14. The minimum Gasteiger partial charge on any atom is -0.481 e. The number of hydrogen-bond acceptors (Lipinski definition) is 4. The third-order valence-corrected chi connectivity index (χ3v) is 4.16. The largest absolute Gasteiger partial charge is 0.481 e. The number of hydrogen-bond donors (Lipinski definition) is 2. The van der Waals surface area contributed by atoms with E-state index in [0.29, 0.717) is 12.0 Å². The number of aryl methyl sites for hydroxylation is 1. The number of sulfone groups is 1. The second-order valence-corrected chi connectivity index (χ2v) is 7.07. The van der Waals surface area contributed by atoms with Crippen LogP contribution in [0.3, 0.4) is 0 Å². The highest BCUT2D eigenvalue weighted by molar-refractivity contribution is 7.90. The van der Waals surface area contributed by atoms with E-state index >= 15 is 0 Å². The van der Waals surface area contributed by atoms with Gasteiger partial charge < -0.3 is 10.4 Å². The quantitative estimate of drug-likeness (QED) is 0.826. The van der Waals surface area contributed by atoms with E-state index in [2.05, 4.69) is 5.32 Å². The van der Waals surface area contributed by atoms with E-state index in [0.717, 1.165) is 6.26 Å². The number of aliphatic carboxylic acids is 1. The molecule has 0 spiro atoms. The van der Waals surface area contributed by atoms with Crippen molar-refractivity contribution in [3.8, 4) is 0 Å². The first kappa shape index (κ1) is 17.2. The predicted molar refractivity (Wildman–Crippen MR) is 78.1 cm³/mol. The number of rotatable bonds is 6. The smallest absolute Gasteiger partial charge is 0.303 e. The lowest BCUT2D eigenvalue weighted by atomic mass is 10.1. The van der Waals surface area contributed by atoms with Crippen molar-refractivity contribution in [3.63, 3.8) is 0 Å². The molecule has 0 heterocycles. The summed E-state index contributed by atoms with van der Waals surface area (Å²) in [4.78, 5) is 22.7. The highest BCUT2D eigenvalue weighted by Gasteiger charge is 2.16. The maximum absolute atomic E-state index is 12.1. The summed E-state index contributed by atoms with van der Waals surface area (Å²) in [5, 5.41) is 11.3. The fraction of sp³-hybridized carbons (Fsp3) is 0.429. The van der Waals surface area contributed by atoms with E-state index in [4.69, 9.17) is 5.11 Å². The normalized spacial score (nSPS) is 12.7. The summed E-state index contributed by atoms with van der Waals surface area (Å²) in [6, 6.07) is 4.06. The van der Waals surface area contributed by atoms with Crippen molar-refractivity contribution in [2.24, 2.45) is 0 Å². The third-order valence-electron chi connectivity index (χ3n) is 3.05. The van der Waals surface area contributed by atoms with Crippen LogP contribution in [0, 0.1) is 6.92 Å². The Bertz CT molecular complexity index is 651. The molecule has 0 saturated heterocycles. The zero-order chi connectivity index (χ0) is 16.2. The molecule has 0 fully saturated rings. The highest BCUT2D eigenvalue weighted by atomic mass is 32.2. The fourth-order valence-corrected chi connectivity index (χ4v) is 2.44. The average Bonchev–Trinajstić information content (AvgIpc) is 2.35. The molecule has 0 aliphatic rings. The summed E-state index contributed by atoms with van der Waals surface area (Å²) in [6.07, 6.45) is 1.35. The van der Waals surface area contributed by atoms with Crippen LogP contribution in [0.1, 0.15) is 35.7 Å². The van der Waals surface area contributed by atoms with Crippen molar-refractivity contribution in [1.29, 1.82) is 0 Å². The maximum Gasteiger partial charge on any atom is 0.303 e. The van der Waals surface area contributed by atoms with Crippen LogP contribution in [0.2, 0.25) is 0 Å². The van der Waals surface area contributed by atoms with Gasteiger partial charge in [0.15, 0.2) is 9.84 Å². The maximum atomic E-state index is 12.1. The SMILES string of the molecule is Cc1ccc(S(C)(=O)=O)cc1C(=O)NC(C)CCC(=O)O. The first-order valence-corrected chi connectivity index (χ1v) is 8.33. The van der Waals surface area contributed by atoms with Gasteiger partial charge in [0.1, 0.15) is 0 Å². The minimum absolute atomic E-state index is 0.0379. The van der Waals surface area contributed by atoms with Crippen LogP contribution in [0.4, 0.5) is 0 Å². The summed E-state index contributed by atoms with van der Waals surface area (Å²) in [6.45, 7) is 3.42. The van der Waals surface area contributed by atoms with E-state index in [1.54, 1.807) is 19.9 Å². The molecule has 1 aromatic carbocycles. The molecule has 0 radical (unpaired) electrons. The van der Waals surface area contributed by atoms with Crippen molar-refractivity contribution in [2.45, 2.75) is 37.6 Å². The molecule has 6 nitrogen and oxygen atoms in total. The molecule has 7 heteroatoms. The molecule has 1 atom stereocenters. The Balaban J connectivity index is 2.89. The van der Waals surface area contributed by atoms with Gasteiger partial charge in [0.05, 0.1) is 4.90 Å². The average molecular weight is 313 g/mol. The molecule has 1 amide bonds. The Morgan fingerprint density at radius 3 is 2.48 bits per heavy atom. The molecule has 2 N–H and O–H groups in total. The Hall–Kier alpha value is -1.89. The predicted octanol–water partition coefficient (Wildman–Crippen LogP) is 1.38. The van der Waals surface area contributed by atoms with Crippen LogP contribution in [-0.2, 0) is 14.6 Å². The van der Waals surface area contributed by atoms with Crippen LogP contribution in [0.15, 0.2) is 23.1 Å². The summed E-state index contributed by atoms with van der Waals surface area (Å²) < 4.78 is 23.0. The Morgan fingerprint density at radius 2 is 1.95 bits per heavy atom. The molecule has 1 aromatic rings. The van der Waals surface area contributed by atoms with Crippen LogP contribution < -0.4 is 5.32 Å². The summed E-state index contributed by atoms with van der Waals surface area (Å²) in [5.41, 5.74) is 0.936. The van der Waals surface area contributed by atoms with Crippen LogP contribution in [-0.4, -0.2) is 37.7 Å². The first-order chi connectivity index (χ1) is 9.61. The standard InChI is InChI=1S/C14H19NO5S/c1-9-4-6-11(21(3,19)20)8-12(9)14(18)15-10(2)5-7-13(16)17/h4,6,8,10H,5,7H2,1-3H3,(H,15,18)(H,16,17). The number of amides is 1. The molecule has 1 rings (SSSR count). The number of carboxylic acid groups (broad SMARTS) is 1. The number of carbonyl (C=O) groups excluding carboxylic acids is 1. The number of nitrogens with one attached hydrogen (secondary N) is 1. The van der Waals surface area contributed by atoms with Crippen molar-refractivity contribution in [3.05, 3.63) is 29.3 Å². The first-order valence-electron chi connectivity index (χ1n) is 6.44. The van der Waals surface area contributed by atoms with E-state index in [-0.39, 0.29) is 22.9 Å². The molecule has 0 saturated carbocycles. The van der Waals surface area contributed by atoms with Crippen LogP contribution >= 0.6 is 0 Å². The van der Waals surface area contributed by atoms with Crippen molar-refractivity contribution in [1.82, 2.24) is 5.32 Å². The van der Waals surface area contributed by atoms with Gasteiger partial charge in [-0.15, -0.1) is 0 Å². The summed E-state index contributed by atoms with van der Waals surface area (Å²) in [5.74, 6) is -1.33. The summed E-state index contributed by atoms with van der Waals surface area (Å²) >= 11 is 0. The second kappa shape index (κ2) is 6.71. The van der Waals surface area contributed by atoms with Crippen molar-refractivity contribution >= 4 is 21.7 Å². The lowest BCUT2D eigenvalue weighted by molar-refractivity contribution is -0.137. The van der Waals surface area contributed by atoms with Gasteiger partial charge in [-0.3, -0.25) is 9.59 Å². The number of carbonyl (C=O) groups is 2. The zero-order valence-corrected chi connectivity index (χ0v) is 13.0. The van der Waals surface area contributed by atoms with Gasteiger partial charge in [-0.1, -0.05) is 6.07 Å². The number of carboxylic acids is 1. The van der Waals surface area contributed by atoms with E-state index in [9.17, 15) is 18.0 Å². The van der Waals surface area contributed by atoms with Gasteiger partial charge in [-0.25, -0.2) is 8.42 Å². The molecule has 0 aliphatic carbocycles. The topological polar surface area (TPSA) is 101 Å². The van der Waals surface area contributed by atoms with Gasteiger partial charge >= 0.3 is 5.97 Å². The van der Waals surface area contributed by atoms with Gasteiger partial charge in [0.25, 0.3) is 5.91 Å². The van der Waals surface area contributed by atoms with Gasteiger partial charge in [-0.2, -0.15) is 0 Å². The van der Waals surface area contributed by atoms with Crippen molar-refractivity contribution in [2.75, 3.05) is 6.26 Å². The lowest BCUT2D eigenvalue weighted by Crippen LogP contribution is -2.33. The van der Waals surface area contributed by atoms with Gasteiger partial charge in [0.2, 0.25) is 0 Å². The highest BCUT2D eigenvalue weighted by Crippen LogP contribution is 2.16. The van der Waals surface area contributed by atoms with E-state index in [1.165, 1.54) is 12.1 Å². The second-order valence-electron chi connectivity index (χ2n) is 5.06. The molecule has 0 bridgehead atoms. The van der Waals surface area contributed by atoms with Gasteiger partial charge in [-0.05, 0) is 38.0 Å². The third kappa shape index (κ3) is 5.18. The Morgan fingerprint density at radius 1 is 1.33 bits per heavy atom. The monoisotopic (exact) mass is 313 g/mol. The molecule has 116 valence electrons. The van der Waals surface area contributed by atoms with Crippen molar-refractivity contribution < 1.29 is 23.1 Å². The Labute approximate surface area is 124 Å².